The highest BCUT2D eigenvalue weighted by atomic mass is 16.6. The van der Waals surface area contributed by atoms with Crippen molar-refractivity contribution in [2.24, 2.45) is 0 Å². The summed E-state index contributed by atoms with van der Waals surface area (Å²) < 4.78 is 10.8. The first-order chi connectivity index (χ1) is 13.0. The minimum absolute atomic E-state index is 0.0483. The molecule has 9 nitrogen and oxygen atoms in total. The van der Waals surface area contributed by atoms with Gasteiger partial charge in [0, 0.05) is 24.5 Å². The van der Waals surface area contributed by atoms with Gasteiger partial charge in [-0.3, -0.25) is 4.79 Å². The molecule has 3 rings (SSSR count). The number of hydrogen-bond acceptors (Lipinski definition) is 7. The molecule has 1 unspecified atom stereocenters. The quantitative estimate of drug-likeness (QED) is 0.612. The Labute approximate surface area is 156 Å². The van der Waals surface area contributed by atoms with Gasteiger partial charge in [0.25, 0.3) is 5.91 Å². The van der Waals surface area contributed by atoms with Gasteiger partial charge >= 0.3 is 5.82 Å². The molecule has 0 spiro atoms. The van der Waals surface area contributed by atoms with E-state index in [1.807, 2.05) is 24.3 Å². The van der Waals surface area contributed by atoms with Gasteiger partial charge in [-0.05, 0) is 53.2 Å². The van der Waals surface area contributed by atoms with Crippen LogP contribution < -0.4 is 15.0 Å². The van der Waals surface area contributed by atoms with Crippen LogP contribution in [-0.2, 0) is 9.53 Å². The van der Waals surface area contributed by atoms with Crippen LogP contribution in [0.4, 0.5) is 17.2 Å². The van der Waals surface area contributed by atoms with Crippen molar-refractivity contribution in [2.45, 2.75) is 13.0 Å². The van der Waals surface area contributed by atoms with Gasteiger partial charge in [-0.25, -0.2) is 0 Å². The van der Waals surface area contributed by atoms with Crippen LogP contribution in [0.15, 0.2) is 42.6 Å². The van der Waals surface area contributed by atoms with Gasteiger partial charge in [-0.15, -0.1) is 0 Å². The molecule has 1 fully saturated rings. The van der Waals surface area contributed by atoms with Gasteiger partial charge in [0.05, 0.1) is 13.2 Å². The lowest BCUT2D eigenvalue weighted by atomic mass is 10.2. The smallest absolute Gasteiger partial charge is 0.406 e. The van der Waals surface area contributed by atoms with Gasteiger partial charge in [0.2, 0.25) is 5.75 Å². The summed E-state index contributed by atoms with van der Waals surface area (Å²) in [6.07, 6.45) is 0.373. The van der Waals surface area contributed by atoms with Gasteiger partial charge in [0.15, 0.2) is 6.10 Å². The fourth-order valence-corrected chi connectivity index (χ4v) is 2.68. The lowest BCUT2D eigenvalue weighted by Crippen LogP contribution is -2.36. The van der Waals surface area contributed by atoms with E-state index < -0.39 is 22.8 Å². The van der Waals surface area contributed by atoms with E-state index in [1.165, 1.54) is 25.3 Å². The number of nitrogens with zero attached hydrogens (tertiary/aromatic N) is 3. The molecule has 1 aromatic heterocycles. The maximum absolute atomic E-state index is 12.3. The molecule has 1 atom stereocenters. The molecule has 0 bridgehead atoms. The van der Waals surface area contributed by atoms with E-state index in [9.17, 15) is 14.9 Å². The molecule has 0 saturated carbocycles. The molecule has 1 saturated heterocycles. The normalized spacial score (nSPS) is 15.1. The number of amides is 1. The van der Waals surface area contributed by atoms with Crippen LogP contribution in [0.5, 0.6) is 5.75 Å². The molecule has 142 valence electrons. The fourth-order valence-electron chi connectivity index (χ4n) is 2.68. The van der Waals surface area contributed by atoms with E-state index in [0.717, 1.165) is 18.8 Å². The van der Waals surface area contributed by atoms with Crippen LogP contribution in [0.3, 0.4) is 0 Å². The summed E-state index contributed by atoms with van der Waals surface area (Å²) in [6.45, 7) is 4.59. The predicted molar refractivity (Wildman–Crippen MR) is 99.1 cm³/mol. The Morgan fingerprint density at radius 2 is 2.00 bits per heavy atom. The molecule has 27 heavy (non-hydrogen) atoms. The number of benzene rings is 1. The number of pyridine rings is 1. The molecular weight excluding hydrogens is 352 g/mol. The Hall–Kier alpha value is -3.20. The van der Waals surface area contributed by atoms with Crippen molar-refractivity contribution < 1.29 is 19.2 Å². The Morgan fingerprint density at radius 1 is 1.30 bits per heavy atom. The first-order valence-electron chi connectivity index (χ1n) is 8.54. The summed E-state index contributed by atoms with van der Waals surface area (Å²) in [7, 11) is 0. The Balaban J connectivity index is 1.60. The summed E-state index contributed by atoms with van der Waals surface area (Å²) in [5.41, 5.74) is 1.68. The zero-order valence-electron chi connectivity index (χ0n) is 14.8. The fraction of sp³-hybridized carbons (Fsp3) is 0.333. The maximum Gasteiger partial charge on any atom is 0.406 e. The number of nitro groups is 1. The zero-order valence-corrected chi connectivity index (χ0v) is 14.8. The predicted octanol–water partition coefficient (Wildman–Crippen LogP) is 2.23. The topological polar surface area (TPSA) is 107 Å². The minimum Gasteiger partial charge on any atom is -0.473 e. The molecule has 1 amide bonds. The van der Waals surface area contributed by atoms with Crippen LogP contribution in [-0.4, -0.2) is 48.2 Å². The molecule has 1 aromatic carbocycles. The second-order valence-electron chi connectivity index (χ2n) is 5.98. The third-order valence-electron chi connectivity index (χ3n) is 4.11. The van der Waals surface area contributed by atoms with E-state index in [2.05, 4.69) is 15.2 Å². The van der Waals surface area contributed by atoms with Gasteiger partial charge in [-0.1, -0.05) is 0 Å². The molecule has 1 aliphatic rings. The Bertz CT molecular complexity index is 806. The highest BCUT2D eigenvalue weighted by Crippen LogP contribution is 2.24. The third-order valence-corrected chi connectivity index (χ3v) is 4.11. The van der Waals surface area contributed by atoms with Crippen molar-refractivity contribution in [1.82, 2.24) is 4.98 Å². The van der Waals surface area contributed by atoms with Crippen LogP contribution >= 0.6 is 0 Å². The highest BCUT2D eigenvalue weighted by Gasteiger charge is 2.22. The van der Waals surface area contributed by atoms with E-state index in [-0.39, 0.29) is 5.75 Å². The summed E-state index contributed by atoms with van der Waals surface area (Å²) in [5, 5.41) is 13.7. The molecule has 2 heterocycles. The monoisotopic (exact) mass is 372 g/mol. The van der Waals surface area contributed by atoms with Crippen molar-refractivity contribution >= 4 is 23.1 Å². The first-order valence-corrected chi connectivity index (χ1v) is 8.54. The number of carbonyl (C=O) groups excluding carboxylic acids is 1. The standard InChI is InChI=1S/C18H20N4O5/c1-13(27-16-3-2-8-19-17(16)22(24)25)18(23)20-14-4-6-15(7-5-14)21-9-11-26-12-10-21/h2-8,13H,9-12H2,1H3,(H,20,23). The molecule has 0 aliphatic carbocycles. The summed E-state index contributed by atoms with van der Waals surface area (Å²) >= 11 is 0. The van der Waals surface area contributed by atoms with Crippen molar-refractivity contribution in [1.29, 1.82) is 0 Å². The van der Waals surface area contributed by atoms with Crippen molar-refractivity contribution in [3.8, 4) is 5.75 Å². The number of hydrogen-bond donors (Lipinski definition) is 1. The average molecular weight is 372 g/mol. The lowest BCUT2D eigenvalue weighted by molar-refractivity contribution is -0.390. The second-order valence-corrected chi connectivity index (χ2v) is 5.98. The largest absolute Gasteiger partial charge is 0.473 e. The minimum atomic E-state index is -0.924. The molecule has 0 radical (unpaired) electrons. The third kappa shape index (κ3) is 4.70. The van der Waals surface area contributed by atoms with Crippen LogP contribution in [0.25, 0.3) is 0 Å². The maximum atomic E-state index is 12.3. The van der Waals surface area contributed by atoms with E-state index in [1.54, 1.807) is 0 Å². The van der Waals surface area contributed by atoms with E-state index in [4.69, 9.17) is 9.47 Å². The number of nitrogens with one attached hydrogen (secondary N) is 1. The number of carbonyl (C=O) groups is 1. The van der Waals surface area contributed by atoms with Crippen LogP contribution in [0.1, 0.15) is 6.92 Å². The van der Waals surface area contributed by atoms with Gasteiger partial charge in [0.1, 0.15) is 6.20 Å². The van der Waals surface area contributed by atoms with Crippen LogP contribution in [0.2, 0.25) is 0 Å². The molecule has 9 heteroatoms. The van der Waals surface area contributed by atoms with E-state index in [0.29, 0.717) is 18.9 Å². The second kappa shape index (κ2) is 8.45. The van der Waals surface area contributed by atoms with E-state index >= 15 is 0 Å². The summed E-state index contributed by atoms with van der Waals surface area (Å²) in [4.78, 5) is 28.5. The summed E-state index contributed by atoms with van der Waals surface area (Å²) in [5.74, 6) is -0.882. The number of aromatic nitrogens is 1. The molecule has 1 aliphatic heterocycles. The number of morpholine rings is 1. The lowest BCUT2D eigenvalue weighted by Gasteiger charge is -2.28. The number of anilines is 2. The Kier molecular flexibility index (Phi) is 5.82. The first kappa shape index (κ1) is 18.6. The average Bonchev–Trinajstić information content (AvgIpc) is 2.69. The summed E-state index contributed by atoms with van der Waals surface area (Å²) in [6, 6.07) is 10.4. The number of rotatable bonds is 6. The SMILES string of the molecule is CC(Oc1cccnc1[N+](=O)[O-])C(=O)Nc1ccc(N2CCOCC2)cc1. The Morgan fingerprint density at radius 3 is 2.67 bits per heavy atom. The molecular formula is C18H20N4O5. The molecule has 2 aromatic rings. The van der Waals surface area contributed by atoms with Gasteiger partial charge < -0.3 is 29.8 Å². The van der Waals surface area contributed by atoms with Crippen molar-refractivity contribution in [3.63, 3.8) is 0 Å². The zero-order chi connectivity index (χ0) is 19.2. The van der Waals surface area contributed by atoms with Gasteiger partial charge in [-0.2, -0.15) is 0 Å². The van der Waals surface area contributed by atoms with Crippen molar-refractivity contribution in [2.75, 3.05) is 36.5 Å². The number of ether oxygens (including phenoxy) is 2. The van der Waals surface area contributed by atoms with Crippen LogP contribution in [0, 0.1) is 10.1 Å². The highest BCUT2D eigenvalue weighted by molar-refractivity contribution is 5.94. The molecule has 1 N–H and O–H groups in total. The van der Waals surface area contributed by atoms with Crippen molar-refractivity contribution in [3.05, 3.63) is 52.7 Å².